The van der Waals surface area contributed by atoms with E-state index in [0.717, 1.165) is 12.2 Å². The van der Waals surface area contributed by atoms with E-state index in [0.29, 0.717) is 11.3 Å². The number of nitrogens with zero attached hydrogens (tertiary/aromatic N) is 1. The van der Waals surface area contributed by atoms with Crippen LogP contribution in [-0.2, 0) is 6.54 Å². The minimum Gasteiger partial charge on any atom is -0.399 e. The summed E-state index contributed by atoms with van der Waals surface area (Å²) >= 11 is 1.68. The van der Waals surface area contributed by atoms with Gasteiger partial charge in [-0.25, -0.2) is 0 Å². The number of amides is 1. The summed E-state index contributed by atoms with van der Waals surface area (Å²) in [6.07, 6.45) is 0. The zero-order valence-electron chi connectivity index (χ0n) is 10.1. The Balaban J connectivity index is 2.29. The van der Waals surface area contributed by atoms with Crippen LogP contribution in [0.4, 0.5) is 11.4 Å². The van der Waals surface area contributed by atoms with Crippen molar-refractivity contribution in [1.29, 1.82) is 0 Å². The van der Waals surface area contributed by atoms with E-state index in [1.165, 1.54) is 4.88 Å². The lowest BCUT2D eigenvalue weighted by molar-refractivity contribution is 0.100. The first-order valence-corrected chi connectivity index (χ1v) is 6.38. The minimum atomic E-state index is -0.463. The highest BCUT2D eigenvalue weighted by Crippen LogP contribution is 2.24. The molecule has 0 aliphatic carbocycles. The number of nitrogens with two attached hydrogens (primary N) is 2. The molecule has 94 valence electrons. The molecule has 2 rings (SSSR count). The normalized spacial score (nSPS) is 10.3. The Bertz CT molecular complexity index is 551. The van der Waals surface area contributed by atoms with Crippen LogP contribution >= 0.6 is 11.3 Å². The summed E-state index contributed by atoms with van der Waals surface area (Å²) in [4.78, 5) is 14.6. The quantitative estimate of drug-likeness (QED) is 0.827. The molecule has 0 spiro atoms. The fourth-order valence-corrected chi connectivity index (χ4v) is 2.56. The van der Waals surface area contributed by atoms with Gasteiger partial charge in [0.05, 0.1) is 12.1 Å². The summed E-state index contributed by atoms with van der Waals surface area (Å²) in [6, 6.07) is 9.27. The molecule has 0 unspecified atom stereocenters. The van der Waals surface area contributed by atoms with E-state index in [-0.39, 0.29) is 0 Å². The number of primary amides is 1. The third-order valence-corrected chi connectivity index (χ3v) is 3.53. The Labute approximate surface area is 110 Å². The van der Waals surface area contributed by atoms with Gasteiger partial charge in [-0.15, -0.1) is 11.3 Å². The first kappa shape index (κ1) is 12.4. The van der Waals surface area contributed by atoms with Gasteiger partial charge in [0.2, 0.25) is 0 Å². The molecule has 18 heavy (non-hydrogen) atoms. The van der Waals surface area contributed by atoms with Crippen molar-refractivity contribution < 1.29 is 4.79 Å². The van der Waals surface area contributed by atoms with Gasteiger partial charge in [0.15, 0.2) is 0 Å². The molecule has 1 amide bonds. The fraction of sp³-hybridized carbons (Fsp3) is 0.154. The van der Waals surface area contributed by atoms with Gasteiger partial charge in [0, 0.05) is 23.3 Å². The number of anilines is 2. The third kappa shape index (κ3) is 2.62. The lowest BCUT2D eigenvalue weighted by Gasteiger charge is -2.21. The summed E-state index contributed by atoms with van der Waals surface area (Å²) in [7, 11) is 1.93. The van der Waals surface area contributed by atoms with Crippen molar-refractivity contribution in [1.82, 2.24) is 0 Å². The predicted molar refractivity (Wildman–Crippen MR) is 75.8 cm³/mol. The van der Waals surface area contributed by atoms with Crippen LogP contribution < -0.4 is 16.4 Å². The van der Waals surface area contributed by atoms with E-state index in [2.05, 4.69) is 6.07 Å². The average molecular weight is 261 g/mol. The van der Waals surface area contributed by atoms with Crippen molar-refractivity contribution >= 4 is 28.6 Å². The molecule has 5 heteroatoms. The second-order valence-corrected chi connectivity index (χ2v) is 5.11. The molecule has 0 radical (unpaired) electrons. The molecule has 4 nitrogen and oxygen atoms in total. The zero-order valence-corrected chi connectivity index (χ0v) is 10.9. The van der Waals surface area contributed by atoms with Gasteiger partial charge in [-0.1, -0.05) is 6.07 Å². The fourth-order valence-electron chi connectivity index (χ4n) is 1.81. The number of hydrogen-bond acceptors (Lipinski definition) is 4. The Morgan fingerprint density at radius 1 is 1.39 bits per heavy atom. The highest BCUT2D eigenvalue weighted by molar-refractivity contribution is 7.09. The highest BCUT2D eigenvalue weighted by atomic mass is 32.1. The lowest BCUT2D eigenvalue weighted by atomic mass is 10.1. The van der Waals surface area contributed by atoms with Gasteiger partial charge in [0.1, 0.15) is 0 Å². The van der Waals surface area contributed by atoms with Gasteiger partial charge >= 0.3 is 0 Å². The second kappa shape index (κ2) is 5.10. The van der Waals surface area contributed by atoms with Gasteiger partial charge < -0.3 is 16.4 Å². The number of carbonyl (C=O) groups excluding carboxylic acids is 1. The molecule has 0 fully saturated rings. The molecule has 1 heterocycles. The molecule has 2 aromatic rings. The molecule has 4 N–H and O–H groups in total. The van der Waals surface area contributed by atoms with E-state index in [1.807, 2.05) is 29.5 Å². The van der Waals surface area contributed by atoms with Crippen molar-refractivity contribution in [2.75, 3.05) is 17.7 Å². The summed E-state index contributed by atoms with van der Waals surface area (Å²) in [5, 5.41) is 2.03. The lowest BCUT2D eigenvalue weighted by Crippen LogP contribution is -2.21. The van der Waals surface area contributed by atoms with E-state index in [9.17, 15) is 4.79 Å². The number of nitrogen functional groups attached to an aromatic ring is 1. The van der Waals surface area contributed by atoms with Crippen LogP contribution in [0.25, 0.3) is 0 Å². The molecule has 1 aromatic carbocycles. The highest BCUT2D eigenvalue weighted by Gasteiger charge is 2.12. The number of rotatable bonds is 4. The van der Waals surface area contributed by atoms with Crippen molar-refractivity contribution in [3.8, 4) is 0 Å². The summed E-state index contributed by atoms with van der Waals surface area (Å²) < 4.78 is 0. The van der Waals surface area contributed by atoms with E-state index in [1.54, 1.807) is 23.5 Å². The number of carbonyl (C=O) groups is 1. The first-order valence-electron chi connectivity index (χ1n) is 5.51. The Hall–Kier alpha value is -2.01. The van der Waals surface area contributed by atoms with Gasteiger partial charge in [0.25, 0.3) is 5.91 Å². The largest absolute Gasteiger partial charge is 0.399 e. The maximum absolute atomic E-state index is 11.4. The van der Waals surface area contributed by atoms with E-state index >= 15 is 0 Å². The molecule has 0 saturated heterocycles. The van der Waals surface area contributed by atoms with E-state index < -0.39 is 5.91 Å². The van der Waals surface area contributed by atoms with Gasteiger partial charge in [-0.2, -0.15) is 0 Å². The summed E-state index contributed by atoms with van der Waals surface area (Å²) in [5.74, 6) is -0.463. The van der Waals surface area contributed by atoms with E-state index in [4.69, 9.17) is 11.5 Å². The minimum absolute atomic E-state index is 0.453. The van der Waals surface area contributed by atoms with Crippen LogP contribution in [0.3, 0.4) is 0 Å². The smallest absolute Gasteiger partial charge is 0.250 e. The van der Waals surface area contributed by atoms with Crippen LogP contribution in [0.15, 0.2) is 35.7 Å². The third-order valence-electron chi connectivity index (χ3n) is 2.67. The van der Waals surface area contributed by atoms with Crippen LogP contribution in [0, 0.1) is 0 Å². The molecular formula is C13H15N3OS. The molecule has 0 atom stereocenters. The average Bonchev–Trinajstić information content (AvgIpc) is 2.81. The number of thiophene rings is 1. The summed E-state index contributed by atoms with van der Waals surface area (Å²) in [6.45, 7) is 0.738. The molecule has 1 aromatic heterocycles. The number of hydrogen-bond donors (Lipinski definition) is 2. The Morgan fingerprint density at radius 3 is 2.78 bits per heavy atom. The monoisotopic (exact) mass is 261 g/mol. The van der Waals surface area contributed by atoms with Crippen LogP contribution in [0.5, 0.6) is 0 Å². The Morgan fingerprint density at radius 2 is 2.17 bits per heavy atom. The topological polar surface area (TPSA) is 72.3 Å². The molecule has 0 bridgehead atoms. The SMILES string of the molecule is CN(Cc1cccs1)c1ccc(N)cc1C(N)=O. The molecule has 0 aliphatic rings. The first-order chi connectivity index (χ1) is 8.58. The van der Waals surface area contributed by atoms with Crippen LogP contribution in [0.2, 0.25) is 0 Å². The maximum Gasteiger partial charge on any atom is 0.250 e. The van der Waals surface area contributed by atoms with Crippen LogP contribution in [0.1, 0.15) is 15.2 Å². The van der Waals surface area contributed by atoms with Gasteiger partial charge in [-0.3, -0.25) is 4.79 Å². The van der Waals surface area contributed by atoms with Gasteiger partial charge in [-0.05, 0) is 29.6 Å². The molecular weight excluding hydrogens is 246 g/mol. The van der Waals surface area contributed by atoms with Crippen molar-refractivity contribution in [3.05, 3.63) is 46.2 Å². The molecule has 0 aliphatic heterocycles. The standard InChI is InChI=1S/C13H15N3OS/c1-16(8-10-3-2-6-18-10)12-5-4-9(14)7-11(12)13(15)17/h2-7H,8,14H2,1H3,(H2,15,17). The van der Waals surface area contributed by atoms with Crippen molar-refractivity contribution in [2.24, 2.45) is 5.73 Å². The zero-order chi connectivity index (χ0) is 13.1. The maximum atomic E-state index is 11.4. The molecule has 0 saturated carbocycles. The Kier molecular flexibility index (Phi) is 3.53. The van der Waals surface area contributed by atoms with Crippen molar-refractivity contribution in [3.63, 3.8) is 0 Å². The predicted octanol–water partition coefficient (Wildman–Crippen LogP) is 2.07. The van der Waals surface area contributed by atoms with Crippen molar-refractivity contribution in [2.45, 2.75) is 6.54 Å². The van der Waals surface area contributed by atoms with Crippen LogP contribution in [-0.4, -0.2) is 13.0 Å². The number of benzene rings is 1. The second-order valence-electron chi connectivity index (χ2n) is 4.08. The summed E-state index contributed by atoms with van der Waals surface area (Å²) in [5.41, 5.74) is 12.8.